The number of nitrogens with zero attached hydrogens (tertiary/aromatic N) is 1. The fourth-order valence-electron chi connectivity index (χ4n) is 1.66. The van der Waals surface area contributed by atoms with Gasteiger partial charge in [-0.15, -0.1) is 0 Å². The molecule has 0 amide bonds. The van der Waals surface area contributed by atoms with Crippen molar-refractivity contribution in [3.05, 3.63) is 29.8 Å². The van der Waals surface area contributed by atoms with Crippen molar-refractivity contribution >= 4 is 5.69 Å². The van der Waals surface area contributed by atoms with Crippen LogP contribution < -0.4 is 10.2 Å². The number of nitrogens with one attached hydrogen (secondary N) is 1. The molecule has 18 heavy (non-hydrogen) atoms. The summed E-state index contributed by atoms with van der Waals surface area (Å²) in [4.78, 5) is 2.09. The van der Waals surface area contributed by atoms with Crippen LogP contribution in [0.5, 0.6) is 0 Å². The molecule has 0 heterocycles. The minimum absolute atomic E-state index is 0.0716. The summed E-state index contributed by atoms with van der Waals surface area (Å²) < 4.78 is 0. The molecular weight excluding hydrogens is 224 g/mol. The van der Waals surface area contributed by atoms with Gasteiger partial charge in [0, 0.05) is 44.4 Å². The Bertz CT molecular complexity index is 357. The van der Waals surface area contributed by atoms with Crippen molar-refractivity contribution in [3.63, 3.8) is 0 Å². The molecular formula is C15H26N2O. The molecule has 1 rings (SSSR count). The van der Waals surface area contributed by atoms with E-state index in [0.29, 0.717) is 6.04 Å². The van der Waals surface area contributed by atoms with Gasteiger partial charge in [-0.1, -0.05) is 26.0 Å². The van der Waals surface area contributed by atoms with Crippen molar-refractivity contribution in [3.8, 4) is 0 Å². The lowest BCUT2D eigenvalue weighted by Gasteiger charge is -2.25. The van der Waals surface area contributed by atoms with Gasteiger partial charge in [-0.05, 0) is 24.6 Å². The van der Waals surface area contributed by atoms with E-state index in [1.165, 1.54) is 11.3 Å². The number of benzene rings is 1. The standard InChI is InChI=1S/C15H26N2O/c1-12(16-10-15(2,3)11-18)13-6-8-14(9-7-13)17(4)5/h6-9,12,16,18H,10-11H2,1-5H3. The van der Waals surface area contributed by atoms with E-state index >= 15 is 0 Å². The van der Waals surface area contributed by atoms with Gasteiger partial charge in [-0.3, -0.25) is 0 Å². The lowest BCUT2D eigenvalue weighted by molar-refractivity contribution is 0.154. The van der Waals surface area contributed by atoms with Gasteiger partial charge in [0.15, 0.2) is 0 Å². The minimum Gasteiger partial charge on any atom is -0.396 e. The summed E-state index contributed by atoms with van der Waals surface area (Å²) in [5.74, 6) is 0. The second kappa shape index (κ2) is 6.21. The van der Waals surface area contributed by atoms with E-state index in [-0.39, 0.29) is 12.0 Å². The summed E-state index contributed by atoms with van der Waals surface area (Å²) in [7, 11) is 4.08. The zero-order valence-electron chi connectivity index (χ0n) is 12.2. The van der Waals surface area contributed by atoms with E-state index in [0.717, 1.165) is 6.54 Å². The lowest BCUT2D eigenvalue weighted by Crippen LogP contribution is -2.33. The first-order valence-corrected chi connectivity index (χ1v) is 6.47. The van der Waals surface area contributed by atoms with Crippen LogP contribution in [0.15, 0.2) is 24.3 Å². The number of anilines is 1. The highest BCUT2D eigenvalue weighted by Crippen LogP contribution is 2.19. The average molecular weight is 250 g/mol. The van der Waals surface area contributed by atoms with Crippen LogP contribution in [-0.4, -0.2) is 32.4 Å². The first-order chi connectivity index (χ1) is 8.35. The van der Waals surface area contributed by atoms with E-state index in [1.807, 2.05) is 14.1 Å². The summed E-state index contributed by atoms with van der Waals surface area (Å²) in [5.41, 5.74) is 2.41. The Morgan fingerprint density at radius 3 is 2.22 bits per heavy atom. The third-order valence-corrected chi connectivity index (χ3v) is 3.22. The largest absolute Gasteiger partial charge is 0.396 e. The summed E-state index contributed by atoms with van der Waals surface area (Å²) >= 11 is 0. The Morgan fingerprint density at radius 2 is 1.78 bits per heavy atom. The molecule has 0 aliphatic heterocycles. The van der Waals surface area contributed by atoms with E-state index in [4.69, 9.17) is 0 Å². The second-order valence-electron chi connectivity index (χ2n) is 5.91. The second-order valence-corrected chi connectivity index (χ2v) is 5.91. The maximum atomic E-state index is 9.23. The van der Waals surface area contributed by atoms with E-state index < -0.39 is 0 Å². The van der Waals surface area contributed by atoms with Crippen molar-refractivity contribution in [1.82, 2.24) is 5.32 Å². The Balaban J connectivity index is 2.59. The fourth-order valence-corrected chi connectivity index (χ4v) is 1.66. The smallest absolute Gasteiger partial charge is 0.0494 e. The number of hydrogen-bond acceptors (Lipinski definition) is 3. The van der Waals surface area contributed by atoms with Crippen molar-refractivity contribution in [2.75, 3.05) is 32.1 Å². The predicted molar refractivity (Wildman–Crippen MR) is 78.1 cm³/mol. The Hall–Kier alpha value is -1.06. The van der Waals surface area contributed by atoms with Gasteiger partial charge in [0.1, 0.15) is 0 Å². The fraction of sp³-hybridized carbons (Fsp3) is 0.600. The third-order valence-electron chi connectivity index (χ3n) is 3.22. The maximum Gasteiger partial charge on any atom is 0.0494 e. The van der Waals surface area contributed by atoms with Crippen molar-refractivity contribution in [2.24, 2.45) is 5.41 Å². The number of aliphatic hydroxyl groups is 1. The first-order valence-electron chi connectivity index (χ1n) is 6.47. The average Bonchev–Trinajstić information content (AvgIpc) is 2.36. The van der Waals surface area contributed by atoms with Crippen LogP contribution in [0.1, 0.15) is 32.4 Å². The highest BCUT2D eigenvalue weighted by atomic mass is 16.3. The van der Waals surface area contributed by atoms with Crippen LogP contribution in [-0.2, 0) is 0 Å². The van der Waals surface area contributed by atoms with Crippen LogP contribution in [0.4, 0.5) is 5.69 Å². The summed E-state index contributed by atoms with van der Waals surface area (Å²) in [5, 5.41) is 12.7. The molecule has 0 aliphatic rings. The number of aliphatic hydroxyl groups excluding tert-OH is 1. The SMILES string of the molecule is CC(NCC(C)(C)CO)c1ccc(N(C)C)cc1. The lowest BCUT2D eigenvalue weighted by atomic mass is 9.94. The van der Waals surface area contributed by atoms with Crippen molar-refractivity contribution in [1.29, 1.82) is 0 Å². The molecule has 0 saturated carbocycles. The molecule has 0 radical (unpaired) electrons. The van der Waals surface area contributed by atoms with Crippen LogP contribution in [0, 0.1) is 5.41 Å². The van der Waals surface area contributed by atoms with E-state index in [2.05, 4.69) is 55.3 Å². The van der Waals surface area contributed by atoms with Crippen LogP contribution in [0.2, 0.25) is 0 Å². The molecule has 0 fully saturated rings. The normalized spacial score (nSPS) is 13.4. The molecule has 1 aromatic carbocycles. The Morgan fingerprint density at radius 1 is 1.22 bits per heavy atom. The highest BCUT2D eigenvalue weighted by Gasteiger charge is 2.17. The Kier molecular flexibility index (Phi) is 5.17. The van der Waals surface area contributed by atoms with Gasteiger partial charge in [0.25, 0.3) is 0 Å². The van der Waals surface area contributed by atoms with Gasteiger partial charge in [0.2, 0.25) is 0 Å². The highest BCUT2D eigenvalue weighted by molar-refractivity contribution is 5.46. The number of hydrogen-bond donors (Lipinski definition) is 2. The third kappa shape index (κ3) is 4.31. The molecule has 2 N–H and O–H groups in total. The molecule has 0 spiro atoms. The number of rotatable bonds is 6. The quantitative estimate of drug-likeness (QED) is 0.814. The summed E-state index contributed by atoms with van der Waals surface area (Å²) in [6.07, 6.45) is 0. The molecule has 0 aromatic heterocycles. The molecule has 3 nitrogen and oxygen atoms in total. The molecule has 102 valence electrons. The van der Waals surface area contributed by atoms with Gasteiger partial charge < -0.3 is 15.3 Å². The van der Waals surface area contributed by atoms with Crippen molar-refractivity contribution < 1.29 is 5.11 Å². The predicted octanol–water partition coefficient (Wildman–Crippen LogP) is 2.42. The molecule has 1 atom stereocenters. The zero-order chi connectivity index (χ0) is 13.8. The minimum atomic E-state index is -0.0716. The van der Waals surface area contributed by atoms with Gasteiger partial charge in [-0.25, -0.2) is 0 Å². The Labute approximate surface area is 111 Å². The van der Waals surface area contributed by atoms with Crippen LogP contribution in [0.3, 0.4) is 0 Å². The van der Waals surface area contributed by atoms with Crippen molar-refractivity contribution in [2.45, 2.75) is 26.8 Å². The van der Waals surface area contributed by atoms with Gasteiger partial charge >= 0.3 is 0 Å². The molecule has 3 heteroatoms. The van der Waals surface area contributed by atoms with Crippen LogP contribution >= 0.6 is 0 Å². The monoisotopic (exact) mass is 250 g/mol. The molecule has 0 aliphatic carbocycles. The zero-order valence-corrected chi connectivity index (χ0v) is 12.2. The van der Waals surface area contributed by atoms with E-state index in [9.17, 15) is 5.11 Å². The van der Waals surface area contributed by atoms with Gasteiger partial charge in [0.05, 0.1) is 0 Å². The summed E-state index contributed by atoms with van der Waals surface area (Å²) in [6, 6.07) is 8.86. The first kappa shape index (κ1) is 15.0. The molecule has 1 unspecified atom stereocenters. The molecule has 1 aromatic rings. The van der Waals surface area contributed by atoms with E-state index in [1.54, 1.807) is 0 Å². The van der Waals surface area contributed by atoms with Gasteiger partial charge in [-0.2, -0.15) is 0 Å². The summed E-state index contributed by atoms with van der Waals surface area (Å²) in [6.45, 7) is 7.27. The topological polar surface area (TPSA) is 35.5 Å². The molecule has 0 bridgehead atoms. The maximum absolute atomic E-state index is 9.23. The van der Waals surface area contributed by atoms with Crippen LogP contribution in [0.25, 0.3) is 0 Å². The molecule has 0 saturated heterocycles.